The van der Waals surface area contributed by atoms with Gasteiger partial charge in [0.05, 0.1) is 0 Å². The average Bonchev–Trinajstić information content (AvgIpc) is 3.14. The first-order valence-corrected chi connectivity index (χ1v) is 8.48. The maximum absolute atomic E-state index is 5.98. The minimum atomic E-state index is 0.00266. The Kier molecular flexibility index (Phi) is 4.91. The molecule has 0 aliphatic heterocycles. The molecule has 118 valence electrons. The fourth-order valence-corrected chi connectivity index (χ4v) is 3.81. The van der Waals surface area contributed by atoms with Crippen molar-refractivity contribution in [2.75, 3.05) is 6.61 Å². The van der Waals surface area contributed by atoms with Gasteiger partial charge in [0.15, 0.2) is 0 Å². The molecule has 2 saturated carbocycles. The summed E-state index contributed by atoms with van der Waals surface area (Å²) in [6.45, 7) is 2.73. The third-order valence-corrected chi connectivity index (χ3v) is 4.96. The Bertz CT molecular complexity index is 442. The highest BCUT2D eigenvalue weighted by Crippen LogP contribution is 2.37. The van der Waals surface area contributed by atoms with E-state index in [2.05, 4.69) is 10.1 Å². The van der Waals surface area contributed by atoms with E-state index in [1.165, 1.54) is 32.1 Å². The van der Waals surface area contributed by atoms with Crippen LogP contribution in [0.3, 0.4) is 0 Å². The zero-order chi connectivity index (χ0) is 14.7. The Labute approximate surface area is 126 Å². The van der Waals surface area contributed by atoms with E-state index in [1.54, 1.807) is 0 Å². The molecule has 3 atom stereocenters. The molecule has 0 amide bonds. The molecule has 1 aromatic rings. The van der Waals surface area contributed by atoms with Gasteiger partial charge in [-0.3, -0.25) is 0 Å². The minimum absolute atomic E-state index is 0.00266. The van der Waals surface area contributed by atoms with E-state index in [0.717, 1.165) is 31.0 Å². The first kappa shape index (κ1) is 15.0. The van der Waals surface area contributed by atoms with Crippen LogP contribution in [0, 0.1) is 5.92 Å². The summed E-state index contributed by atoms with van der Waals surface area (Å²) in [5.74, 6) is 2.39. The molecular weight excluding hydrogens is 266 g/mol. The van der Waals surface area contributed by atoms with E-state index in [1.807, 2.05) is 6.92 Å². The standard InChI is InChI=1S/C16H27N3O2/c1-2-20-14(11-6-4-3-5-7-11)15-18-16(21-19-15)12-8-9-13(17)10-12/h11-14H,2-10,17H2,1H3. The molecular formula is C16H27N3O2. The maximum atomic E-state index is 5.98. The zero-order valence-electron chi connectivity index (χ0n) is 13.0. The van der Waals surface area contributed by atoms with E-state index in [9.17, 15) is 0 Å². The van der Waals surface area contributed by atoms with Gasteiger partial charge in [0.25, 0.3) is 0 Å². The van der Waals surface area contributed by atoms with Crippen molar-refractivity contribution in [1.29, 1.82) is 0 Å². The average molecular weight is 293 g/mol. The highest BCUT2D eigenvalue weighted by Gasteiger charge is 2.32. The van der Waals surface area contributed by atoms with Crippen molar-refractivity contribution in [2.24, 2.45) is 11.7 Å². The first-order chi connectivity index (χ1) is 10.3. The normalized spacial score (nSPS) is 28.9. The Morgan fingerprint density at radius 1 is 1.24 bits per heavy atom. The van der Waals surface area contributed by atoms with Crippen LogP contribution in [-0.4, -0.2) is 22.8 Å². The Morgan fingerprint density at radius 3 is 2.71 bits per heavy atom. The Balaban J connectivity index is 1.71. The lowest BCUT2D eigenvalue weighted by Gasteiger charge is -2.27. The molecule has 5 heteroatoms. The van der Waals surface area contributed by atoms with E-state index in [0.29, 0.717) is 18.4 Å². The molecule has 0 spiro atoms. The van der Waals surface area contributed by atoms with Crippen molar-refractivity contribution in [3.05, 3.63) is 11.7 Å². The Hall–Kier alpha value is -0.940. The van der Waals surface area contributed by atoms with Gasteiger partial charge in [0.1, 0.15) is 6.10 Å². The summed E-state index contributed by atoms with van der Waals surface area (Å²) < 4.78 is 11.5. The second kappa shape index (κ2) is 6.88. The molecule has 2 aliphatic rings. The van der Waals surface area contributed by atoms with Crippen molar-refractivity contribution >= 4 is 0 Å². The molecule has 5 nitrogen and oxygen atoms in total. The highest BCUT2D eigenvalue weighted by molar-refractivity contribution is 5.02. The van der Waals surface area contributed by atoms with Gasteiger partial charge in [-0.1, -0.05) is 24.4 Å². The van der Waals surface area contributed by atoms with Crippen LogP contribution in [0.15, 0.2) is 4.52 Å². The van der Waals surface area contributed by atoms with Crippen LogP contribution in [0.2, 0.25) is 0 Å². The summed E-state index contributed by atoms with van der Waals surface area (Å²) in [6, 6.07) is 0.284. The summed E-state index contributed by atoms with van der Waals surface area (Å²) >= 11 is 0. The van der Waals surface area contributed by atoms with E-state index in [-0.39, 0.29) is 12.1 Å². The van der Waals surface area contributed by atoms with Crippen molar-refractivity contribution in [3.8, 4) is 0 Å². The van der Waals surface area contributed by atoms with Gasteiger partial charge in [0, 0.05) is 18.6 Å². The van der Waals surface area contributed by atoms with Crippen molar-refractivity contribution < 1.29 is 9.26 Å². The predicted octanol–water partition coefficient (Wildman–Crippen LogP) is 3.32. The van der Waals surface area contributed by atoms with E-state index >= 15 is 0 Å². The van der Waals surface area contributed by atoms with Gasteiger partial charge in [-0.25, -0.2) is 0 Å². The highest BCUT2D eigenvalue weighted by atomic mass is 16.5. The molecule has 2 fully saturated rings. The lowest BCUT2D eigenvalue weighted by Crippen LogP contribution is -2.20. The maximum Gasteiger partial charge on any atom is 0.229 e. The first-order valence-electron chi connectivity index (χ1n) is 8.48. The van der Waals surface area contributed by atoms with Crippen LogP contribution < -0.4 is 5.73 Å². The Morgan fingerprint density at radius 2 is 2.05 bits per heavy atom. The minimum Gasteiger partial charge on any atom is -0.370 e. The number of rotatable bonds is 5. The fraction of sp³-hybridized carbons (Fsp3) is 0.875. The van der Waals surface area contributed by atoms with Crippen LogP contribution in [0.4, 0.5) is 0 Å². The molecule has 0 radical (unpaired) electrons. The molecule has 0 bridgehead atoms. The van der Waals surface area contributed by atoms with Gasteiger partial charge >= 0.3 is 0 Å². The van der Waals surface area contributed by atoms with E-state index in [4.69, 9.17) is 15.0 Å². The molecule has 21 heavy (non-hydrogen) atoms. The molecule has 2 aliphatic carbocycles. The number of hydrogen-bond acceptors (Lipinski definition) is 5. The summed E-state index contributed by atoms with van der Waals surface area (Å²) in [4.78, 5) is 4.66. The number of nitrogens with zero attached hydrogens (tertiary/aromatic N) is 2. The monoisotopic (exact) mass is 293 g/mol. The second-order valence-corrected chi connectivity index (χ2v) is 6.53. The van der Waals surface area contributed by atoms with Crippen LogP contribution in [0.25, 0.3) is 0 Å². The molecule has 3 unspecified atom stereocenters. The quantitative estimate of drug-likeness (QED) is 0.901. The van der Waals surface area contributed by atoms with Crippen molar-refractivity contribution in [1.82, 2.24) is 10.1 Å². The summed E-state index contributed by atoms with van der Waals surface area (Å²) in [7, 11) is 0. The summed E-state index contributed by atoms with van der Waals surface area (Å²) in [5, 5.41) is 4.23. The van der Waals surface area contributed by atoms with Crippen molar-refractivity contribution in [2.45, 2.75) is 76.4 Å². The lowest BCUT2D eigenvalue weighted by molar-refractivity contribution is -0.00145. The van der Waals surface area contributed by atoms with E-state index < -0.39 is 0 Å². The molecule has 0 saturated heterocycles. The second-order valence-electron chi connectivity index (χ2n) is 6.53. The van der Waals surface area contributed by atoms with Gasteiger partial charge < -0.3 is 15.0 Å². The van der Waals surface area contributed by atoms with Gasteiger partial charge in [-0.05, 0) is 44.9 Å². The third kappa shape index (κ3) is 3.46. The number of aromatic nitrogens is 2. The topological polar surface area (TPSA) is 74.2 Å². The van der Waals surface area contributed by atoms with Crippen LogP contribution >= 0.6 is 0 Å². The largest absolute Gasteiger partial charge is 0.370 e. The molecule has 0 aromatic carbocycles. The number of hydrogen-bond donors (Lipinski definition) is 1. The van der Waals surface area contributed by atoms with Crippen molar-refractivity contribution in [3.63, 3.8) is 0 Å². The number of ether oxygens (including phenoxy) is 1. The van der Waals surface area contributed by atoms with Gasteiger partial charge in [0.2, 0.25) is 11.7 Å². The third-order valence-electron chi connectivity index (χ3n) is 4.96. The molecule has 3 rings (SSSR count). The van der Waals surface area contributed by atoms with Crippen LogP contribution in [0.1, 0.15) is 82.0 Å². The van der Waals surface area contributed by atoms with Crippen LogP contribution in [0.5, 0.6) is 0 Å². The SMILES string of the molecule is CCOC(c1noc(C2CCC(N)C2)n1)C1CCCCC1. The number of nitrogens with two attached hydrogens (primary N) is 1. The summed E-state index contributed by atoms with van der Waals surface area (Å²) in [5.41, 5.74) is 5.98. The van der Waals surface area contributed by atoms with Crippen LogP contribution in [-0.2, 0) is 4.74 Å². The van der Waals surface area contributed by atoms with Gasteiger partial charge in [-0.2, -0.15) is 4.98 Å². The molecule has 2 N–H and O–H groups in total. The fourth-order valence-electron chi connectivity index (χ4n) is 3.81. The smallest absolute Gasteiger partial charge is 0.229 e. The predicted molar refractivity (Wildman–Crippen MR) is 79.8 cm³/mol. The zero-order valence-corrected chi connectivity index (χ0v) is 13.0. The lowest BCUT2D eigenvalue weighted by atomic mass is 9.85. The molecule has 1 heterocycles. The summed E-state index contributed by atoms with van der Waals surface area (Å²) in [6.07, 6.45) is 9.42. The molecule has 1 aromatic heterocycles. The van der Waals surface area contributed by atoms with Gasteiger partial charge in [-0.15, -0.1) is 0 Å².